The van der Waals surface area contributed by atoms with Crippen molar-refractivity contribution in [1.82, 2.24) is 0 Å². The fraction of sp³-hybridized carbons (Fsp3) is 0. The van der Waals surface area contributed by atoms with Crippen LogP contribution in [0.3, 0.4) is 0 Å². The van der Waals surface area contributed by atoms with E-state index in [2.05, 4.69) is 0 Å². The molecule has 0 aromatic rings. The van der Waals surface area contributed by atoms with E-state index in [0.29, 0.717) is 0 Å². The van der Waals surface area contributed by atoms with Crippen molar-refractivity contribution >= 4 is 6.16 Å². The second-order valence-electron chi connectivity index (χ2n) is 0.283. The van der Waals surface area contributed by atoms with Crippen molar-refractivity contribution in [3.05, 3.63) is 0 Å². The van der Waals surface area contributed by atoms with E-state index in [0.717, 1.165) is 0 Å². The molecule has 0 aromatic carbocycles. The molecule has 0 rings (SSSR count). The number of hydrogen-bond acceptors (Lipinski definition) is 1. The Kier molecular flexibility index (Phi) is 56.3. The Labute approximate surface area is 77.7 Å². The van der Waals surface area contributed by atoms with Gasteiger partial charge in [0.05, 0.1) is 0 Å². The predicted octanol–water partition coefficient (Wildman–Crippen LogP) is -6.37. The van der Waals surface area contributed by atoms with Crippen molar-refractivity contribution in [3.8, 4) is 0 Å². The van der Waals surface area contributed by atoms with E-state index in [1.54, 1.807) is 0 Å². The zero-order valence-electron chi connectivity index (χ0n) is 6.30. The summed E-state index contributed by atoms with van der Waals surface area (Å²) in [6, 6.07) is 0. The molecule has 0 amide bonds. The van der Waals surface area contributed by atoms with Crippen molar-refractivity contribution in [2.75, 3.05) is 0 Å². The molecule has 4 nitrogen and oxygen atoms in total. The van der Waals surface area contributed by atoms with Crippen LogP contribution < -0.4 is 48.4 Å². The summed E-state index contributed by atoms with van der Waals surface area (Å²) >= 11 is 0. The van der Waals surface area contributed by atoms with Crippen LogP contribution in [0, 0.1) is 0 Å². The molecule has 0 spiro atoms. The largest absolute Gasteiger partial charge is 1.00 e. The van der Waals surface area contributed by atoms with Gasteiger partial charge in [-0.25, -0.2) is 4.79 Å². The summed E-state index contributed by atoms with van der Waals surface area (Å²) in [6.07, 6.45) is -1.83. The van der Waals surface area contributed by atoms with Crippen LogP contribution in [0.2, 0.25) is 0 Å². The van der Waals surface area contributed by atoms with E-state index in [1.807, 2.05) is 0 Å². The Morgan fingerprint density at radius 2 is 1.43 bits per heavy atom. The van der Waals surface area contributed by atoms with Crippen molar-refractivity contribution in [2.45, 2.75) is 0 Å². The molecular formula is CH6LiNaO4. The molecule has 6 heteroatoms. The third kappa shape index (κ3) is 232. The summed E-state index contributed by atoms with van der Waals surface area (Å²) in [6.45, 7) is 0. The molecule has 4 N–H and O–H groups in total. The van der Waals surface area contributed by atoms with Gasteiger partial charge in [0.15, 0.2) is 0 Å². The van der Waals surface area contributed by atoms with Gasteiger partial charge in [0.25, 0.3) is 0 Å². The molecule has 0 aliphatic carbocycles. The molecule has 0 saturated carbocycles. The molecule has 0 aromatic heterocycles. The summed E-state index contributed by atoms with van der Waals surface area (Å²) < 4.78 is 0. The smallest absolute Gasteiger partial charge is 1.00 e. The van der Waals surface area contributed by atoms with E-state index in [4.69, 9.17) is 15.0 Å². The number of carbonyl (C=O) groups is 1. The molecule has 0 unspecified atom stereocenters. The van der Waals surface area contributed by atoms with Gasteiger partial charge in [0.1, 0.15) is 0 Å². The van der Waals surface area contributed by atoms with Gasteiger partial charge in [0, 0.05) is 0 Å². The Morgan fingerprint density at radius 1 is 1.43 bits per heavy atom. The molecule has 7 heavy (non-hydrogen) atoms. The average molecular weight is 112 g/mol. The maximum atomic E-state index is 8.56. The van der Waals surface area contributed by atoms with Crippen LogP contribution in [0.1, 0.15) is 2.85 Å². The minimum Gasteiger partial charge on any atom is -1.00 e. The summed E-state index contributed by atoms with van der Waals surface area (Å²) in [5, 5.41) is 13.9. The molecule has 0 saturated heterocycles. The van der Waals surface area contributed by atoms with Gasteiger partial charge < -0.3 is 18.5 Å². The maximum absolute atomic E-state index is 8.56. The van der Waals surface area contributed by atoms with Gasteiger partial charge in [-0.05, 0) is 0 Å². The van der Waals surface area contributed by atoms with Gasteiger partial charge in [0.2, 0.25) is 0 Å². The van der Waals surface area contributed by atoms with Gasteiger partial charge >= 0.3 is 54.6 Å². The molecule has 0 heterocycles. The van der Waals surface area contributed by atoms with Crippen LogP contribution >= 0.6 is 0 Å². The van der Waals surface area contributed by atoms with E-state index < -0.39 is 6.16 Å². The Morgan fingerprint density at radius 3 is 1.43 bits per heavy atom. The second kappa shape index (κ2) is 15.8. The van der Waals surface area contributed by atoms with E-state index in [9.17, 15) is 0 Å². The fourth-order valence-corrected chi connectivity index (χ4v) is 0. The quantitative estimate of drug-likeness (QED) is 0.305. The van der Waals surface area contributed by atoms with Gasteiger partial charge in [-0.1, -0.05) is 0 Å². The van der Waals surface area contributed by atoms with Gasteiger partial charge in [-0.2, -0.15) is 0 Å². The first kappa shape index (κ1) is 24.9. The zero-order valence-corrected chi connectivity index (χ0v) is 6.30. The van der Waals surface area contributed by atoms with Gasteiger partial charge in [-0.15, -0.1) is 0 Å². The Bertz CT molecular complexity index is 41.5. The third-order valence-corrected chi connectivity index (χ3v) is 0. The first-order chi connectivity index (χ1) is 1.73. The van der Waals surface area contributed by atoms with Crippen molar-refractivity contribution < 1.29 is 71.8 Å². The SMILES string of the molecule is O.O=C(O)O.[H-].[H-].[Li+].[Na+]. The molecule has 0 atom stereocenters. The summed E-state index contributed by atoms with van der Waals surface area (Å²) in [7, 11) is 0. The van der Waals surface area contributed by atoms with Crippen LogP contribution in [0.4, 0.5) is 4.79 Å². The normalized spacial score (nSPS) is 3.43. The third-order valence-electron chi connectivity index (χ3n) is 0. The van der Waals surface area contributed by atoms with Crippen LogP contribution in [0.5, 0.6) is 0 Å². The van der Waals surface area contributed by atoms with Crippen LogP contribution in [0.25, 0.3) is 0 Å². The summed E-state index contributed by atoms with van der Waals surface area (Å²) in [5.41, 5.74) is 0. The molecule has 36 valence electrons. The summed E-state index contributed by atoms with van der Waals surface area (Å²) in [4.78, 5) is 8.56. The van der Waals surface area contributed by atoms with Crippen molar-refractivity contribution in [2.24, 2.45) is 0 Å². The average Bonchev–Trinajstić information content (AvgIpc) is 0.811. The summed E-state index contributed by atoms with van der Waals surface area (Å²) in [5.74, 6) is 0. The predicted molar refractivity (Wildman–Crippen MR) is 16.5 cm³/mol. The first-order valence-electron chi connectivity index (χ1n) is 0.651. The zero-order chi connectivity index (χ0) is 3.58. The van der Waals surface area contributed by atoms with Crippen molar-refractivity contribution in [1.29, 1.82) is 0 Å². The number of hydrogen-bond donors (Lipinski definition) is 2. The molecule has 0 fully saturated rings. The minimum absolute atomic E-state index is 0. The number of rotatable bonds is 0. The van der Waals surface area contributed by atoms with Crippen LogP contribution in [-0.4, -0.2) is 21.8 Å². The van der Waals surface area contributed by atoms with E-state index >= 15 is 0 Å². The molecule has 0 aliphatic heterocycles. The Hall–Kier alpha value is 0.827. The standard InChI is InChI=1S/CH2O3.Li.Na.H2O.2H/c2-1(3)4;;;;;/h(H2,2,3,4);;;1H2;;/q;2*+1;;2*-1. The minimum atomic E-state index is -1.83. The van der Waals surface area contributed by atoms with Crippen LogP contribution in [-0.2, 0) is 0 Å². The second-order valence-corrected chi connectivity index (χ2v) is 0.283. The maximum Gasteiger partial charge on any atom is 1.00 e. The van der Waals surface area contributed by atoms with Crippen molar-refractivity contribution in [3.63, 3.8) is 0 Å². The number of carboxylic acid groups (broad SMARTS) is 2. The monoisotopic (exact) mass is 112 g/mol. The topological polar surface area (TPSA) is 89.0 Å². The van der Waals surface area contributed by atoms with Gasteiger partial charge in [-0.3, -0.25) is 0 Å². The van der Waals surface area contributed by atoms with E-state index in [1.165, 1.54) is 0 Å². The van der Waals surface area contributed by atoms with E-state index in [-0.39, 0.29) is 56.7 Å². The molecule has 0 aliphatic rings. The fourth-order valence-electron chi connectivity index (χ4n) is 0. The molecule has 0 radical (unpaired) electrons. The Balaban J connectivity index is -0.00000000450. The first-order valence-corrected chi connectivity index (χ1v) is 0.651. The molecular weight excluding hydrogens is 106 g/mol. The van der Waals surface area contributed by atoms with Crippen LogP contribution in [0.15, 0.2) is 0 Å². The molecule has 0 bridgehead atoms.